The summed E-state index contributed by atoms with van der Waals surface area (Å²) in [4.78, 5) is 54.2. The Balaban J connectivity index is 3.67. The monoisotopic (exact) mass is 541 g/mol. The van der Waals surface area contributed by atoms with Crippen molar-refractivity contribution in [2.45, 2.75) is 114 Å². The van der Waals surface area contributed by atoms with Crippen LogP contribution in [0, 0.1) is 21.7 Å². The topological polar surface area (TPSA) is 163 Å². The molecule has 0 N–H and O–H groups in total. The number of azide groups is 1. The average Bonchev–Trinajstić information content (AvgIpc) is 2.73. The van der Waals surface area contributed by atoms with Crippen LogP contribution >= 0.6 is 0 Å². The van der Waals surface area contributed by atoms with E-state index in [4.69, 9.17) is 23.7 Å². The molecule has 1 aliphatic heterocycles. The van der Waals surface area contributed by atoms with Gasteiger partial charge in [-0.05, 0) is 88.6 Å². The molecule has 0 bridgehead atoms. The highest BCUT2D eigenvalue weighted by Gasteiger charge is 2.54. The third-order valence-corrected chi connectivity index (χ3v) is 5.33. The zero-order valence-corrected chi connectivity index (χ0v) is 24.6. The second kappa shape index (κ2) is 11.9. The van der Waals surface area contributed by atoms with Crippen LogP contribution < -0.4 is 0 Å². The van der Waals surface area contributed by atoms with Crippen LogP contribution in [0.25, 0.3) is 10.4 Å². The first-order chi connectivity index (χ1) is 17.0. The second-order valence-corrected chi connectivity index (χ2v) is 13.5. The fourth-order valence-electron chi connectivity index (χ4n) is 2.85. The molecule has 0 aliphatic carbocycles. The van der Waals surface area contributed by atoms with Crippen LogP contribution in [0.15, 0.2) is 5.11 Å². The number of ether oxygens (including phenoxy) is 5. The van der Waals surface area contributed by atoms with E-state index in [1.807, 2.05) is 0 Å². The lowest BCUT2D eigenvalue weighted by Gasteiger charge is -2.45. The summed E-state index contributed by atoms with van der Waals surface area (Å²) >= 11 is 0. The molecule has 38 heavy (non-hydrogen) atoms. The fraction of sp³-hybridized carbons (Fsp3) is 0.846. The summed E-state index contributed by atoms with van der Waals surface area (Å²) in [6.07, 6.45) is -6.97. The minimum atomic E-state index is -1.48. The van der Waals surface area contributed by atoms with Gasteiger partial charge in [-0.15, -0.1) is 0 Å². The Kier molecular flexibility index (Phi) is 10.4. The lowest BCUT2D eigenvalue weighted by atomic mass is 9.92. The number of hydrogen-bond donors (Lipinski definition) is 0. The maximum Gasteiger partial charge on any atom is 0.311 e. The number of carbonyl (C=O) groups excluding carboxylic acids is 4. The molecular weight excluding hydrogens is 498 g/mol. The molecule has 0 radical (unpaired) electrons. The predicted molar refractivity (Wildman–Crippen MR) is 136 cm³/mol. The number of rotatable bonds is 6. The van der Waals surface area contributed by atoms with Gasteiger partial charge in [-0.2, -0.15) is 0 Å². The van der Waals surface area contributed by atoms with Crippen molar-refractivity contribution in [3.05, 3.63) is 10.4 Å². The lowest BCUT2D eigenvalue weighted by molar-refractivity contribution is -0.259. The SMILES string of the molecule is CC(C)(C)C(=O)OC[C@@H]1O[C@H](N=[N+]=[N-])[C@H](OC(=O)C(C)(C)C)[C@H](OC(=O)C(C)(C)C)[C@H]1OC(=O)C(C)(C)C. The van der Waals surface area contributed by atoms with Gasteiger partial charge in [-0.25, -0.2) is 0 Å². The molecule has 1 fully saturated rings. The van der Waals surface area contributed by atoms with Crippen LogP contribution in [0.2, 0.25) is 0 Å². The van der Waals surface area contributed by atoms with Crippen LogP contribution in [-0.2, 0) is 42.9 Å². The fourth-order valence-corrected chi connectivity index (χ4v) is 2.85. The van der Waals surface area contributed by atoms with E-state index in [0.29, 0.717) is 0 Å². The zero-order chi connectivity index (χ0) is 29.9. The van der Waals surface area contributed by atoms with Gasteiger partial charge in [0, 0.05) is 4.91 Å². The zero-order valence-electron chi connectivity index (χ0n) is 24.6. The van der Waals surface area contributed by atoms with Crippen LogP contribution in [0.4, 0.5) is 0 Å². The Morgan fingerprint density at radius 1 is 0.658 bits per heavy atom. The smallest absolute Gasteiger partial charge is 0.311 e. The Morgan fingerprint density at radius 2 is 1.03 bits per heavy atom. The van der Waals surface area contributed by atoms with E-state index in [2.05, 4.69) is 10.0 Å². The van der Waals surface area contributed by atoms with Crippen molar-refractivity contribution in [1.29, 1.82) is 0 Å². The highest BCUT2D eigenvalue weighted by molar-refractivity contribution is 5.78. The third kappa shape index (κ3) is 9.16. The van der Waals surface area contributed by atoms with E-state index in [9.17, 15) is 24.7 Å². The highest BCUT2D eigenvalue weighted by Crippen LogP contribution is 2.34. The van der Waals surface area contributed by atoms with Crippen LogP contribution in [0.3, 0.4) is 0 Å². The van der Waals surface area contributed by atoms with Gasteiger partial charge in [0.1, 0.15) is 12.7 Å². The van der Waals surface area contributed by atoms with Crippen molar-refractivity contribution in [2.75, 3.05) is 6.61 Å². The molecule has 1 rings (SSSR count). The summed E-state index contributed by atoms with van der Waals surface area (Å²) in [7, 11) is 0. The average molecular weight is 542 g/mol. The Bertz CT molecular complexity index is 945. The van der Waals surface area contributed by atoms with Gasteiger partial charge < -0.3 is 23.7 Å². The molecule has 1 saturated heterocycles. The van der Waals surface area contributed by atoms with Gasteiger partial charge in [0.25, 0.3) is 0 Å². The van der Waals surface area contributed by atoms with Crippen molar-refractivity contribution in [2.24, 2.45) is 26.8 Å². The minimum absolute atomic E-state index is 0.418. The summed E-state index contributed by atoms with van der Waals surface area (Å²) in [6.45, 7) is 19.2. The molecule has 216 valence electrons. The van der Waals surface area contributed by atoms with E-state index in [1.54, 1.807) is 83.1 Å². The van der Waals surface area contributed by atoms with Gasteiger partial charge >= 0.3 is 23.9 Å². The standard InChI is InChI=1S/C26H43N3O9/c1-23(2,3)19(30)34-13-14-15(36-20(31)24(4,5)6)16(37-21(32)25(7,8)9)17(18(35-14)28-29-27)38-22(33)26(10,11)12/h14-18H,13H2,1-12H3/t14-,15-,16+,17+,18-/m0/s1. The first kappa shape index (κ1) is 33.2. The molecule has 0 saturated carbocycles. The predicted octanol–water partition coefficient (Wildman–Crippen LogP) is 4.48. The van der Waals surface area contributed by atoms with E-state index < -0.39 is 82.8 Å². The number of esters is 4. The van der Waals surface area contributed by atoms with E-state index in [1.165, 1.54) is 0 Å². The van der Waals surface area contributed by atoms with Crippen LogP contribution in [-0.4, -0.2) is 61.1 Å². The number of hydrogen-bond acceptors (Lipinski definition) is 10. The highest BCUT2D eigenvalue weighted by atomic mass is 16.7. The number of nitrogens with zero attached hydrogens (tertiary/aromatic N) is 3. The molecule has 0 aromatic carbocycles. The van der Waals surface area contributed by atoms with Gasteiger partial charge in [0.15, 0.2) is 24.5 Å². The van der Waals surface area contributed by atoms with E-state index in [0.717, 1.165) is 0 Å². The summed E-state index contributed by atoms with van der Waals surface area (Å²) < 4.78 is 28.6. The van der Waals surface area contributed by atoms with E-state index in [-0.39, 0.29) is 0 Å². The molecule has 0 unspecified atom stereocenters. The molecule has 12 heteroatoms. The first-order valence-electron chi connectivity index (χ1n) is 12.5. The Labute approximate surface area is 224 Å². The Hall–Kier alpha value is -2.85. The molecule has 1 heterocycles. The minimum Gasteiger partial charge on any atom is -0.462 e. The van der Waals surface area contributed by atoms with Gasteiger partial charge in [-0.3, -0.25) is 19.2 Å². The molecule has 0 amide bonds. The van der Waals surface area contributed by atoms with Crippen LogP contribution in [0.5, 0.6) is 0 Å². The van der Waals surface area contributed by atoms with Gasteiger partial charge in [-0.1, -0.05) is 5.11 Å². The van der Waals surface area contributed by atoms with Gasteiger partial charge in [0.05, 0.1) is 21.7 Å². The van der Waals surface area contributed by atoms with Crippen molar-refractivity contribution in [1.82, 2.24) is 0 Å². The molecule has 0 aromatic heterocycles. The Morgan fingerprint density at radius 3 is 1.39 bits per heavy atom. The molecule has 0 aromatic rings. The van der Waals surface area contributed by atoms with Crippen molar-refractivity contribution < 1.29 is 42.9 Å². The van der Waals surface area contributed by atoms with Crippen molar-refractivity contribution in [3.8, 4) is 0 Å². The first-order valence-corrected chi connectivity index (χ1v) is 12.5. The molecule has 0 spiro atoms. The van der Waals surface area contributed by atoms with Crippen molar-refractivity contribution in [3.63, 3.8) is 0 Å². The summed E-state index contributed by atoms with van der Waals surface area (Å²) in [5.41, 5.74) is 5.44. The van der Waals surface area contributed by atoms with E-state index >= 15 is 0 Å². The maximum atomic E-state index is 13.0. The molecule has 12 nitrogen and oxygen atoms in total. The largest absolute Gasteiger partial charge is 0.462 e. The summed E-state index contributed by atoms with van der Waals surface area (Å²) in [5.74, 6) is -2.62. The third-order valence-electron chi connectivity index (χ3n) is 5.33. The van der Waals surface area contributed by atoms with Crippen molar-refractivity contribution >= 4 is 23.9 Å². The molecule has 5 atom stereocenters. The molecule has 1 aliphatic rings. The maximum absolute atomic E-state index is 13.0. The summed E-state index contributed by atoms with van der Waals surface area (Å²) in [6, 6.07) is 0. The quantitative estimate of drug-likeness (QED) is 0.155. The normalized spacial score (nSPS) is 24.5. The second-order valence-electron chi connectivity index (χ2n) is 13.5. The van der Waals surface area contributed by atoms with Crippen LogP contribution in [0.1, 0.15) is 83.1 Å². The lowest BCUT2D eigenvalue weighted by Crippen LogP contribution is -2.63. The number of carbonyl (C=O) groups is 4. The molecular formula is C26H43N3O9. The summed E-state index contributed by atoms with van der Waals surface area (Å²) in [5, 5.41) is 3.62. The van der Waals surface area contributed by atoms with Gasteiger partial charge in [0.2, 0.25) is 0 Å².